The van der Waals surface area contributed by atoms with E-state index in [0.717, 1.165) is 11.1 Å². The molecule has 2 aromatic carbocycles. The van der Waals surface area contributed by atoms with E-state index >= 15 is 0 Å². The van der Waals surface area contributed by atoms with Crippen LogP contribution in [0.5, 0.6) is 11.5 Å². The Labute approximate surface area is 168 Å². The van der Waals surface area contributed by atoms with E-state index in [1.807, 2.05) is 31.2 Å². The summed E-state index contributed by atoms with van der Waals surface area (Å²) in [4.78, 5) is 27.9. The molecule has 7 heteroatoms. The van der Waals surface area contributed by atoms with Gasteiger partial charge in [-0.15, -0.1) is 0 Å². The van der Waals surface area contributed by atoms with Gasteiger partial charge in [-0.1, -0.05) is 23.8 Å². The molecule has 0 N–H and O–H groups in total. The fraction of sp³-hybridized carbons (Fsp3) is 0.227. The second-order valence-corrected chi connectivity index (χ2v) is 6.21. The van der Waals surface area contributed by atoms with Crippen LogP contribution >= 0.6 is 0 Å². The van der Waals surface area contributed by atoms with Crippen molar-refractivity contribution in [2.24, 2.45) is 4.99 Å². The van der Waals surface area contributed by atoms with Crippen LogP contribution in [0.1, 0.15) is 23.6 Å². The molecule has 0 fully saturated rings. The van der Waals surface area contributed by atoms with Gasteiger partial charge in [-0.25, -0.2) is 14.6 Å². The van der Waals surface area contributed by atoms with Crippen LogP contribution in [0.15, 0.2) is 53.2 Å². The first-order valence-electron chi connectivity index (χ1n) is 9.06. The molecule has 2 aromatic rings. The van der Waals surface area contributed by atoms with E-state index in [2.05, 4.69) is 4.99 Å². The highest BCUT2D eigenvalue weighted by atomic mass is 16.6. The van der Waals surface area contributed by atoms with E-state index in [0.29, 0.717) is 17.1 Å². The lowest BCUT2D eigenvalue weighted by Crippen LogP contribution is -2.14. The van der Waals surface area contributed by atoms with Gasteiger partial charge in [0.1, 0.15) is 0 Å². The molecule has 0 aromatic heterocycles. The zero-order valence-electron chi connectivity index (χ0n) is 16.4. The van der Waals surface area contributed by atoms with E-state index in [1.54, 1.807) is 31.2 Å². The van der Waals surface area contributed by atoms with Crippen molar-refractivity contribution in [3.05, 3.63) is 64.9 Å². The largest absolute Gasteiger partial charge is 0.493 e. The molecule has 1 aliphatic rings. The first kappa shape index (κ1) is 20.1. The number of nitrogens with zero attached hydrogens (tertiary/aromatic N) is 1. The van der Waals surface area contributed by atoms with Gasteiger partial charge in [-0.3, -0.25) is 0 Å². The van der Waals surface area contributed by atoms with E-state index in [9.17, 15) is 9.59 Å². The summed E-state index contributed by atoms with van der Waals surface area (Å²) in [6.07, 6.45) is 1.60. The number of esters is 2. The van der Waals surface area contributed by atoms with Crippen LogP contribution < -0.4 is 9.47 Å². The van der Waals surface area contributed by atoms with E-state index in [4.69, 9.17) is 18.9 Å². The highest BCUT2D eigenvalue weighted by Gasteiger charge is 2.24. The molecule has 0 saturated carbocycles. The molecule has 0 spiro atoms. The number of aryl methyl sites for hydroxylation is 1. The Balaban J connectivity index is 1.79. The predicted octanol–water partition coefficient (Wildman–Crippen LogP) is 3.29. The van der Waals surface area contributed by atoms with Gasteiger partial charge in [0, 0.05) is 5.56 Å². The molecular formula is C22H21NO6. The molecular weight excluding hydrogens is 374 g/mol. The number of carbonyl (C=O) groups excluding carboxylic acids is 2. The van der Waals surface area contributed by atoms with Crippen LogP contribution in [0.2, 0.25) is 0 Å². The van der Waals surface area contributed by atoms with Crippen molar-refractivity contribution in [1.29, 1.82) is 0 Å². The number of hydrogen-bond donors (Lipinski definition) is 0. The Kier molecular flexibility index (Phi) is 6.29. The molecule has 7 nitrogen and oxygen atoms in total. The molecule has 0 amide bonds. The summed E-state index contributed by atoms with van der Waals surface area (Å²) >= 11 is 0. The van der Waals surface area contributed by atoms with Gasteiger partial charge >= 0.3 is 11.9 Å². The second kappa shape index (κ2) is 9.05. The number of aliphatic imine (C=N–C) groups is 1. The quantitative estimate of drug-likeness (QED) is 0.528. The van der Waals surface area contributed by atoms with Crippen LogP contribution in [-0.2, 0) is 19.1 Å². The summed E-state index contributed by atoms with van der Waals surface area (Å²) in [5, 5.41) is 0. The first-order valence-corrected chi connectivity index (χ1v) is 9.06. The summed E-state index contributed by atoms with van der Waals surface area (Å²) < 4.78 is 20.9. The Morgan fingerprint density at radius 2 is 1.90 bits per heavy atom. The number of methoxy groups -OCH3 is 1. The van der Waals surface area contributed by atoms with Gasteiger partial charge < -0.3 is 18.9 Å². The number of rotatable bonds is 7. The number of carbonyl (C=O) groups is 2. The summed E-state index contributed by atoms with van der Waals surface area (Å²) in [5.74, 6) is 0.0792. The van der Waals surface area contributed by atoms with Gasteiger partial charge in [-0.2, -0.15) is 0 Å². The average molecular weight is 395 g/mol. The number of hydrogen-bond acceptors (Lipinski definition) is 7. The SMILES string of the molecule is CCOC(=O)COc1ccc(/C=C2\N=C(c3ccc(C)cc3)OC2=O)cc1OC. The van der Waals surface area contributed by atoms with Crippen molar-refractivity contribution < 1.29 is 28.5 Å². The van der Waals surface area contributed by atoms with Crippen molar-refractivity contribution in [2.75, 3.05) is 20.3 Å². The van der Waals surface area contributed by atoms with Gasteiger partial charge in [0.05, 0.1) is 13.7 Å². The molecule has 0 atom stereocenters. The Morgan fingerprint density at radius 3 is 2.59 bits per heavy atom. The summed E-state index contributed by atoms with van der Waals surface area (Å²) in [6, 6.07) is 12.6. The monoisotopic (exact) mass is 395 g/mol. The van der Waals surface area contributed by atoms with Gasteiger partial charge in [0.25, 0.3) is 0 Å². The third-order valence-corrected chi connectivity index (χ3v) is 4.06. The third-order valence-electron chi connectivity index (χ3n) is 4.06. The lowest BCUT2D eigenvalue weighted by molar-refractivity contribution is -0.145. The smallest absolute Gasteiger partial charge is 0.363 e. The maximum absolute atomic E-state index is 12.2. The first-order chi connectivity index (χ1) is 14.0. The summed E-state index contributed by atoms with van der Waals surface area (Å²) in [5.41, 5.74) is 2.69. The molecule has 150 valence electrons. The van der Waals surface area contributed by atoms with Crippen LogP contribution in [0.4, 0.5) is 0 Å². The van der Waals surface area contributed by atoms with Crippen molar-refractivity contribution in [3.63, 3.8) is 0 Å². The van der Waals surface area contributed by atoms with Crippen LogP contribution in [-0.4, -0.2) is 38.2 Å². The van der Waals surface area contributed by atoms with E-state index in [-0.39, 0.29) is 24.8 Å². The molecule has 0 aliphatic carbocycles. The van der Waals surface area contributed by atoms with E-state index in [1.165, 1.54) is 7.11 Å². The molecule has 0 bridgehead atoms. The molecule has 0 radical (unpaired) electrons. The normalized spacial score (nSPS) is 14.4. The van der Waals surface area contributed by atoms with Crippen molar-refractivity contribution in [2.45, 2.75) is 13.8 Å². The average Bonchev–Trinajstić information content (AvgIpc) is 3.08. The molecule has 0 unspecified atom stereocenters. The van der Waals surface area contributed by atoms with Crippen LogP contribution in [0, 0.1) is 6.92 Å². The maximum Gasteiger partial charge on any atom is 0.363 e. The van der Waals surface area contributed by atoms with Crippen molar-refractivity contribution >= 4 is 23.9 Å². The lowest BCUT2D eigenvalue weighted by Gasteiger charge is -2.10. The molecule has 1 aliphatic heterocycles. The minimum atomic E-state index is -0.526. The fourth-order valence-electron chi connectivity index (χ4n) is 2.62. The Bertz CT molecular complexity index is 975. The standard InChI is InChI=1S/C22H21NO6/c1-4-27-20(24)13-28-18-10-7-15(12-19(18)26-3)11-17-22(25)29-21(23-17)16-8-5-14(2)6-9-16/h5-12H,4,13H2,1-3H3/b17-11-. The van der Waals surface area contributed by atoms with Gasteiger partial charge in [-0.05, 0) is 49.8 Å². The fourth-order valence-corrected chi connectivity index (χ4v) is 2.62. The molecule has 0 saturated heterocycles. The van der Waals surface area contributed by atoms with Crippen LogP contribution in [0.3, 0.4) is 0 Å². The van der Waals surface area contributed by atoms with Gasteiger partial charge in [0.15, 0.2) is 23.8 Å². The Morgan fingerprint density at radius 1 is 1.14 bits per heavy atom. The van der Waals surface area contributed by atoms with Gasteiger partial charge in [0.2, 0.25) is 5.90 Å². The van der Waals surface area contributed by atoms with Crippen molar-refractivity contribution in [1.82, 2.24) is 0 Å². The zero-order valence-corrected chi connectivity index (χ0v) is 16.4. The topological polar surface area (TPSA) is 83.4 Å². The zero-order chi connectivity index (χ0) is 20.8. The summed E-state index contributed by atoms with van der Waals surface area (Å²) in [7, 11) is 1.49. The third kappa shape index (κ3) is 5.01. The summed E-state index contributed by atoms with van der Waals surface area (Å²) in [6.45, 7) is 3.76. The minimum absolute atomic E-state index is 0.183. The lowest BCUT2D eigenvalue weighted by atomic mass is 10.1. The highest BCUT2D eigenvalue weighted by molar-refractivity contribution is 6.12. The predicted molar refractivity (Wildman–Crippen MR) is 107 cm³/mol. The minimum Gasteiger partial charge on any atom is -0.493 e. The number of benzene rings is 2. The van der Waals surface area contributed by atoms with E-state index < -0.39 is 11.9 Å². The number of cyclic esters (lactones) is 1. The second-order valence-electron chi connectivity index (χ2n) is 6.21. The maximum atomic E-state index is 12.2. The highest BCUT2D eigenvalue weighted by Crippen LogP contribution is 2.30. The van der Waals surface area contributed by atoms with Crippen molar-refractivity contribution in [3.8, 4) is 11.5 Å². The number of ether oxygens (including phenoxy) is 4. The molecule has 29 heavy (non-hydrogen) atoms. The van der Waals surface area contributed by atoms with Crippen LogP contribution in [0.25, 0.3) is 6.08 Å². The molecule has 1 heterocycles. The molecule has 3 rings (SSSR count). The Hall–Kier alpha value is -3.61.